The standard InChI is InChI=1S/C15H22N4O/c20-15(14-9-16-18-17-14)19-5-1-2-13(19)8-12-7-10-3-4-11(12)6-10/h9-13H,1-8H2,(H,16,17,18)/t10-,11-,12-,13-/m0/s1. The van der Waals surface area contributed by atoms with E-state index in [0.717, 1.165) is 37.1 Å². The number of aromatic amines is 1. The summed E-state index contributed by atoms with van der Waals surface area (Å²) in [4.78, 5) is 14.5. The van der Waals surface area contributed by atoms with Crippen molar-refractivity contribution in [2.45, 2.75) is 51.0 Å². The van der Waals surface area contributed by atoms with Gasteiger partial charge in [-0.15, -0.1) is 0 Å². The Balaban J connectivity index is 1.43. The van der Waals surface area contributed by atoms with Crippen molar-refractivity contribution in [1.82, 2.24) is 20.3 Å². The average molecular weight is 274 g/mol. The van der Waals surface area contributed by atoms with Gasteiger partial charge in [-0.05, 0) is 56.3 Å². The fourth-order valence-corrected chi connectivity index (χ4v) is 4.81. The summed E-state index contributed by atoms with van der Waals surface area (Å²) < 4.78 is 0. The number of rotatable bonds is 3. The predicted molar refractivity (Wildman–Crippen MR) is 74.0 cm³/mol. The highest BCUT2D eigenvalue weighted by atomic mass is 16.2. The molecule has 4 atom stereocenters. The third-order valence-corrected chi connectivity index (χ3v) is 5.73. The number of amides is 1. The van der Waals surface area contributed by atoms with E-state index in [1.807, 2.05) is 4.90 Å². The number of fused-ring (bicyclic) bond motifs is 2. The van der Waals surface area contributed by atoms with Crippen LogP contribution in [0.25, 0.3) is 0 Å². The van der Waals surface area contributed by atoms with Gasteiger partial charge in [0.1, 0.15) is 0 Å². The van der Waals surface area contributed by atoms with Crippen molar-refractivity contribution >= 4 is 5.91 Å². The van der Waals surface area contributed by atoms with Crippen LogP contribution in [0.15, 0.2) is 6.20 Å². The lowest BCUT2D eigenvalue weighted by Crippen LogP contribution is -2.37. The van der Waals surface area contributed by atoms with Crippen LogP contribution in [-0.2, 0) is 0 Å². The molecule has 0 radical (unpaired) electrons. The highest BCUT2D eigenvalue weighted by molar-refractivity contribution is 5.92. The zero-order valence-electron chi connectivity index (χ0n) is 11.8. The van der Waals surface area contributed by atoms with Gasteiger partial charge in [-0.25, -0.2) is 0 Å². The quantitative estimate of drug-likeness (QED) is 0.919. The largest absolute Gasteiger partial charge is 0.334 e. The molecule has 2 bridgehead atoms. The van der Waals surface area contributed by atoms with E-state index in [2.05, 4.69) is 15.4 Å². The van der Waals surface area contributed by atoms with Crippen LogP contribution < -0.4 is 0 Å². The van der Waals surface area contributed by atoms with Crippen LogP contribution in [0.5, 0.6) is 0 Å². The van der Waals surface area contributed by atoms with Gasteiger partial charge in [0.15, 0.2) is 5.69 Å². The molecule has 1 aliphatic heterocycles. The van der Waals surface area contributed by atoms with Gasteiger partial charge in [0.05, 0.1) is 6.20 Å². The lowest BCUT2D eigenvalue weighted by atomic mass is 9.83. The Morgan fingerprint density at radius 2 is 2.30 bits per heavy atom. The lowest BCUT2D eigenvalue weighted by molar-refractivity contribution is 0.0701. The van der Waals surface area contributed by atoms with Crippen molar-refractivity contribution < 1.29 is 4.79 Å². The minimum absolute atomic E-state index is 0.0596. The smallest absolute Gasteiger partial charge is 0.276 e. The van der Waals surface area contributed by atoms with Crippen LogP contribution >= 0.6 is 0 Å². The summed E-state index contributed by atoms with van der Waals surface area (Å²) in [7, 11) is 0. The predicted octanol–water partition coefficient (Wildman–Crippen LogP) is 2.24. The van der Waals surface area contributed by atoms with Gasteiger partial charge >= 0.3 is 0 Å². The second-order valence-corrected chi connectivity index (χ2v) is 6.82. The highest BCUT2D eigenvalue weighted by Gasteiger charge is 2.42. The molecule has 1 amide bonds. The number of nitrogens with zero attached hydrogens (tertiary/aromatic N) is 3. The number of hydrogen-bond acceptors (Lipinski definition) is 3. The van der Waals surface area contributed by atoms with Gasteiger partial charge in [0, 0.05) is 12.6 Å². The van der Waals surface area contributed by atoms with Gasteiger partial charge in [0.2, 0.25) is 0 Å². The third kappa shape index (κ3) is 2.03. The molecule has 0 spiro atoms. The van der Waals surface area contributed by atoms with Crippen LogP contribution in [0.4, 0.5) is 0 Å². The number of carbonyl (C=O) groups excluding carboxylic acids is 1. The monoisotopic (exact) mass is 274 g/mol. The van der Waals surface area contributed by atoms with Crippen molar-refractivity contribution in [3.8, 4) is 0 Å². The maximum Gasteiger partial charge on any atom is 0.276 e. The molecule has 108 valence electrons. The van der Waals surface area contributed by atoms with Gasteiger partial charge in [-0.1, -0.05) is 6.42 Å². The first kappa shape index (κ1) is 12.4. The first-order valence-electron chi connectivity index (χ1n) is 7.98. The topological polar surface area (TPSA) is 61.9 Å². The van der Waals surface area contributed by atoms with Crippen molar-refractivity contribution in [2.24, 2.45) is 17.8 Å². The van der Waals surface area contributed by atoms with E-state index in [1.54, 1.807) is 0 Å². The average Bonchev–Trinajstić information content (AvgIpc) is 3.23. The van der Waals surface area contributed by atoms with Crippen LogP contribution in [0.3, 0.4) is 0 Å². The summed E-state index contributed by atoms with van der Waals surface area (Å²) in [5.74, 6) is 2.87. The molecule has 20 heavy (non-hydrogen) atoms. The maximum atomic E-state index is 12.5. The molecule has 2 saturated carbocycles. The molecule has 4 rings (SSSR count). The summed E-state index contributed by atoms with van der Waals surface area (Å²) in [6.45, 7) is 0.886. The molecule has 1 aromatic rings. The van der Waals surface area contributed by atoms with E-state index in [-0.39, 0.29) is 5.91 Å². The minimum Gasteiger partial charge on any atom is -0.334 e. The van der Waals surface area contributed by atoms with E-state index >= 15 is 0 Å². The number of nitrogens with one attached hydrogen (secondary N) is 1. The molecule has 1 N–H and O–H groups in total. The first-order valence-corrected chi connectivity index (χ1v) is 7.98. The van der Waals surface area contributed by atoms with E-state index in [1.165, 1.54) is 38.3 Å². The molecule has 1 saturated heterocycles. The van der Waals surface area contributed by atoms with E-state index < -0.39 is 0 Å². The van der Waals surface area contributed by atoms with Gasteiger partial charge < -0.3 is 4.90 Å². The number of hydrogen-bond donors (Lipinski definition) is 1. The van der Waals surface area contributed by atoms with Crippen molar-refractivity contribution in [1.29, 1.82) is 0 Å². The van der Waals surface area contributed by atoms with Crippen LogP contribution in [0.1, 0.15) is 55.4 Å². The molecular weight excluding hydrogens is 252 g/mol. The number of carbonyl (C=O) groups is 1. The fraction of sp³-hybridized carbons (Fsp3) is 0.800. The summed E-state index contributed by atoms with van der Waals surface area (Å²) in [6.07, 6.45) is 10.8. The van der Waals surface area contributed by atoms with Crippen LogP contribution in [0, 0.1) is 17.8 Å². The van der Waals surface area contributed by atoms with Gasteiger partial charge in [-0.2, -0.15) is 15.4 Å². The minimum atomic E-state index is 0.0596. The molecule has 0 aromatic carbocycles. The summed E-state index contributed by atoms with van der Waals surface area (Å²) in [5.41, 5.74) is 0.463. The SMILES string of the molecule is O=C(c1cn[nH]n1)N1CCC[C@H]1C[C@@H]1C[C@H]2CC[C@H]1C2. The normalized spacial score (nSPS) is 35.9. The molecule has 2 heterocycles. The Labute approximate surface area is 119 Å². The van der Waals surface area contributed by atoms with Crippen LogP contribution in [-0.4, -0.2) is 38.8 Å². The van der Waals surface area contributed by atoms with E-state index in [0.29, 0.717) is 11.7 Å². The van der Waals surface area contributed by atoms with E-state index in [9.17, 15) is 4.79 Å². The molecule has 5 nitrogen and oxygen atoms in total. The molecular formula is C15H22N4O. The second kappa shape index (κ2) is 4.86. The second-order valence-electron chi connectivity index (χ2n) is 6.82. The Morgan fingerprint density at radius 1 is 1.35 bits per heavy atom. The molecule has 1 aromatic heterocycles. The molecule has 3 fully saturated rings. The number of aromatic nitrogens is 3. The molecule has 3 aliphatic rings. The zero-order valence-corrected chi connectivity index (χ0v) is 11.8. The Bertz CT molecular complexity index is 486. The maximum absolute atomic E-state index is 12.5. The summed E-state index contributed by atoms with van der Waals surface area (Å²) >= 11 is 0. The van der Waals surface area contributed by atoms with Gasteiger partial charge in [-0.3, -0.25) is 4.79 Å². The van der Waals surface area contributed by atoms with Crippen molar-refractivity contribution in [2.75, 3.05) is 6.54 Å². The Hall–Kier alpha value is -1.39. The molecule has 2 aliphatic carbocycles. The Kier molecular flexibility index (Phi) is 3.00. The van der Waals surface area contributed by atoms with Gasteiger partial charge in [0.25, 0.3) is 5.91 Å². The third-order valence-electron chi connectivity index (χ3n) is 5.73. The van der Waals surface area contributed by atoms with Crippen molar-refractivity contribution in [3.63, 3.8) is 0 Å². The van der Waals surface area contributed by atoms with Crippen molar-refractivity contribution in [3.05, 3.63) is 11.9 Å². The summed E-state index contributed by atoms with van der Waals surface area (Å²) in [6, 6.07) is 0.434. The Morgan fingerprint density at radius 3 is 3.00 bits per heavy atom. The zero-order chi connectivity index (χ0) is 13.5. The fourth-order valence-electron chi connectivity index (χ4n) is 4.81. The lowest BCUT2D eigenvalue weighted by Gasteiger charge is -2.29. The van der Waals surface area contributed by atoms with Crippen LogP contribution in [0.2, 0.25) is 0 Å². The molecule has 5 heteroatoms. The number of likely N-dealkylation sites (tertiary alicyclic amines) is 1. The highest BCUT2D eigenvalue weighted by Crippen LogP contribution is 2.50. The first-order chi connectivity index (χ1) is 9.81. The number of H-pyrrole nitrogens is 1. The van der Waals surface area contributed by atoms with E-state index in [4.69, 9.17) is 0 Å². The molecule has 0 unspecified atom stereocenters. The summed E-state index contributed by atoms with van der Waals surface area (Å²) in [5, 5.41) is 10.2.